The van der Waals surface area contributed by atoms with Crippen molar-refractivity contribution in [2.75, 3.05) is 45.1 Å². The lowest BCUT2D eigenvalue weighted by Crippen LogP contribution is -2.61. The molecular weight excluding hydrogens is 400 g/mol. The second-order valence-electron chi connectivity index (χ2n) is 9.04. The van der Waals surface area contributed by atoms with Crippen LogP contribution in [0.3, 0.4) is 0 Å². The van der Waals surface area contributed by atoms with Crippen molar-refractivity contribution in [1.29, 1.82) is 0 Å². The Labute approximate surface area is 182 Å². The molecule has 0 aliphatic carbocycles. The summed E-state index contributed by atoms with van der Waals surface area (Å²) in [6.45, 7) is 4.33. The summed E-state index contributed by atoms with van der Waals surface area (Å²) in [5.74, 6) is 2.21. The van der Waals surface area contributed by atoms with Crippen molar-refractivity contribution in [2.45, 2.75) is 49.4 Å². The lowest BCUT2D eigenvalue weighted by Gasteiger charge is -2.47. The number of fused-ring (bicyclic) bond motifs is 1. The molecule has 0 aromatic heterocycles. The summed E-state index contributed by atoms with van der Waals surface area (Å²) in [4.78, 5) is 28.8. The molecule has 162 valence electrons. The maximum Gasteiger partial charge on any atom is 0.248 e. The Bertz CT molecular complexity index is 817. The van der Waals surface area contributed by atoms with Crippen LogP contribution in [0.5, 0.6) is 5.75 Å². The SMILES string of the molecule is O=C(COC1CSC2(C1)CN(C(=O)Cc1ccc3c(c1)CCCO3)C2)N1CCCC1. The van der Waals surface area contributed by atoms with Gasteiger partial charge in [0.15, 0.2) is 0 Å². The molecule has 4 aliphatic rings. The molecule has 4 heterocycles. The van der Waals surface area contributed by atoms with Crippen molar-refractivity contribution >= 4 is 23.6 Å². The zero-order chi connectivity index (χ0) is 20.6. The van der Waals surface area contributed by atoms with Crippen molar-refractivity contribution in [3.05, 3.63) is 29.3 Å². The molecule has 2 amide bonds. The molecule has 0 bridgehead atoms. The van der Waals surface area contributed by atoms with Gasteiger partial charge in [-0.25, -0.2) is 0 Å². The molecule has 1 spiro atoms. The molecule has 1 unspecified atom stereocenters. The van der Waals surface area contributed by atoms with Gasteiger partial charge in [0.05, 0.1) is 23.9 Å². The molecule has 7 heteroatoms. The Kier molecular flexibility index (Phi) is 5.67. The van der Waals surface area contributed by atoms with Gasteiger partial charge in [0.25, 0.3) is 0 Å². The van der Waals surface area contributed by atoms with Crippen molar-refractivity contribution in [1.82, 2.24) is 9.80 Å². The van der Waals surface area contributed by atoms with E-state index >= 15 is 0 Å². The molecule has 1 aromatic carbocycles. The van der Waals surface area contributed by atoms with Gasteiger partial charge >= 0.3 is 0 Å². The number of benzene rings is 1. The van der Waals surface area contributed by atoms with Crippen LogP contribution in [0.1, 0.15) is 36.8 Å². The molecule has 6 nitrogen and oxygen atoms in total. The van der Waals surface area contributed by atoms with Crippen molar-refractivity contribution in [3.8, 4) is 5.75 Å². The summed E-state index contributed by atoms with van der Waals surface area (Å²) in [5.41, 5.74) is 2.30. The number of hydrogen-bond acceptors (Lipinski definition) is 5. The van der Waals surface area contributed by atoms with Gasteiger partial charge in [-0.1, -0.05) is 12.1 Å². The summed E-state index contributed by atoms with van der Waals surface area (Å²) in [5, 5.41) is 0. The number of rotatable bonds is 5. The normalized spacial score (nSPS) is 24.5. The first-order valence-corrected chi connectivity index (χ1v) is 12.1. The lowest BCUT2D eigenvalue weighted by molar-refractivity contribution is -0.137. The van der Waals surface area contributed by atoms with Gasteiger partial charge in [0, 0.05) is 31.9 Å². The standard InChI is InChI=1S/C23H30N2O4S/c26-21(11-17-5-6-20-18(10-17)4-3-9-28-20)25-15-23(16-25)12-19(14-30-23)29-13-22(27)24-7-1-2-8-24/h5-6,10,19H,1-4,7-9,11-16H2. The highest BCUT2D eigenvalue weighted by Gasteiger charge is 2.50. The summed E-state index contributed by atoms with van der Waals surface area (Å²) < 4.78 is 11.7. The molecule has 0 saturated carbocycles. The third-order valence-corrected chi connectivity index (χ3v) is 8.29. The fourth-order valence-electron chi connectivity index (χ4n) is 5.01. The molecule has 0 N–H and O–H groups in total. The molecule has 3 saturated heterocycles. The van der Waals surface area contributed by atoms with Crippen LogP contribution in [-0.2, 0) is 27.2 Å². The van der Waals surface area contributed by atoms with Crippen LogP contribution < -0.4 is 4.74 Å². The maximum absolute atomic E-state index is 12.8. The second-order valence-corrected chi connectivity index (χ2v) is 10.5. The van der Waals surface area contributed by atoms with Crippen LogP contribution in [0.25, 0.3) is 0 Å². The number of likely N-dealkylation sites (tertiary alicyclic amines) is 2. The molecule has 30 heavy (non-hydrogen) atoms. The first-order valence-electron chi connectivity index (χ1n) is 11.2. The van der Waals surface area contributed by atoms with E-state index in [1.807, 2.05) is 33.7 Å². The molecule has 3 fully saturated rings. The minimum Gasteiger partial charge on any atom is -0.493 e. The number of aryl methyl sites for hydroxylation is 1. The fraction of sp³-hybridized carbons (Fsp3) is 0.652. The van der Waals surface area contributed by atoms with Gasteiger partial charge in [-0.15, -0.1) is 11.8 Å². The Morgan fingerprint density at radius 1 is 1.13 bits per heavy atom. The smallest absolute Gasteiger partial charge is 0.248 e. The number of amides is 2. The Morgan fingerprint density at radius 3 is 2.80 bits per heavy atom. The maximum atomic E-state index is 12.8. The minimum atomic E-state index is 0.124. The molecule has 0 radical (unpaired) electrons. The van der Waals surface area contributed by atoms with Gasteiger partial charge in [0.2, 0.25) is 11.8 Å². The molecule has 1 aromatic rings. The number of hydrogen-bond donors (Lipinski definition) is 0. The van der Waals surface area contributed by atoms with Crippen LogP contribution in [-0.4, -0.2) is 77.6 Å². The summed E-state index contributed by atoms with van der Waals surface area (Å²) >= 11 is 1.91. The van der Waals surface area contributed by atoms with Gasteiger partial charge in [-0.2, -0.15) is 0 Å². The van der Waals surface area contributed by atoms with E-state index in [4.69, 9.17) is 9.47 Å². The predicted octanol–water partition coefficient (Wildman–Crippen LogP) is 2.28. The van der Waals surface area contributed by atoms with Crippen molar-refractivity contribution in [3.63, 3.8) is 0 Å². The zero-order valence-corrected chi connectivity index (χ0v) is 18.3. The van der Waals surface area contributed by atoms with Gasteiger partial charge in [-0.3, -0.25) is 9.59 Å². The van der Waals surface area contributed by atoms with E-state index in [9.17, 15) is 9.59 Å². The van der Waals surface area contributed by atoms with E-state index in [2.05, 4.69) is 6.07 Å². The van der Waals surface area contributed by atoms with Crippen molar-refractivity contribution < 1.29 is 19.1 Å². The number of thioether (sulfide) groups is 1. The predicted molar refractivity (Wildman–Crippen MR) is 116 cm³/mol. The zero-order valence-electron chi connectivity index (χ0n) is 17.4. The number of carbonyl (C=O) groups excluding carboxylic acids is 2. The highest BCUT2D eigenvalue weighted by molar-refractivity contribution is 8.01. The Morgan fingerprint density at radius 2 is 1.97 bits per heavy atom. The fourth-order valence-corrected chi connectivity index (χ4v) is 6.56. The summed E-state index contributed by atoms with van der Waals surface area (Å²) in [6.07, 6.45) is 5.81. The van der Waals surface area contributed by atoms with Gasteiger partial charge < -0.3 is 19.3 Å². The molecule has 1 atom stereocenters. The molecule has 4 aliphatic heterocycles. The lowest BCUT2D eigenvalue weighted by atomic mass is 9.92. The summed E-state index contributed by atoms with van der Waals surface area (Å²) in [7, 11) is 0. The third-order valence-electron chi connectivity index (χ3n) is 6.72. The van der Waals surface area contributed by atoms with Gasteiger partial charge in [0.1, 0.15) is 12.4 Å². The number of carbonyl (C=O) groups is 2. The Hall–Kier alpha value is -1.73. The quantitative estimate of drug-likeness (QED) is 0.717. The van der Waals surface area contributed by atoms with Crippen LogP contribution in [0.2, 0.25) is 0 Å². The van der Waals surface area contributed by atoms with E-state index < -0.39 is 0 Å². The number of nitrogens with zero attached hydrogens (tertiary/aromatic N) is 2. The monoisotopic (exact) mass is 430 g/mol. The topological polar surface area (TPSA) is 59.1 Å². The average molecular weight is 431 g/mol. The third kappa shape index (κ3) is 4.19. The number of ether oxygens (including phenoxy) is 2. The first kappa shape index (κ1) is 20.2. The summed E-state index contributed by atoms with van der Waals surface area (Å²) in [6, 6.07) is 6.16. The van der Waals surface area contributed by atoms with Crippen LogP contribution in [0.15, 0.2) is 18.2 Å². The highest BCUT2D eigenvalue weighted by atomic mass is 32.2. The molecule has 5 rings (SSSR count). The van der Waals surface area contributed by atoms with Gasteiger partial charge in [-0.05, 0) is 49.3 Å². The average Bonchev–Trinajstić information content (AvgIpc) is 3.41. The Balaban J connectivity index is 1.07. The van der Waals surface area contributed by atoms with E-state index in [0.29, 0.717) is 6.42 Å². The van der Waals surface area contributed by atoms with Crippen LogP contribution >= 0.6 is 11.8 Å². The van der Waals surface area contributed by atoms with Crippen LogP contribution in [0, 0.1) is 0 Å². The van der Waals surface area contributed by atoms with E-state index in [0.717, 1.165) is 82.0 Å². The molecular formula is C23H30N2O4S. The van der Waals surface area contributed by atoms with Crippen molar-refractivity contribution in [2.24, 2.45) is 0 Å². The highest BCUT2D eigenvalue weighted by Crippen LogP contribution is 2.46. The largest absolute Gasteiger partial charge is 0.493 e. The van der Waals surface area contributed by atoms with E-state index in [1.165, 1.54) is 5.56 Å². The minimum absolute atomic E-state index is 0.124. The van der Waals surface area contributed by atoms with Crippen LogP contribution in [0.4, 0.5) is 0 Å². The second kappa shape index (κ2) is 8.42. The first-order chi connectivity index (χ1) is 14.6. The van der Waals surface area contributed by atoms with E-state index in [-0.39, 0.29) is 29.3 Å². The van der Waals surface area contributed by atoms with E-state index in [1.54, 1.807) is 0 Å².